The SMILES string of the molecule is CC[C@H]1NC(=O)C([C@@H](O)[C@@H](C)CCNc2ccc(C(=O)O)cc2)N(C)C(=O)[C@@H](C(C)C)N(C)C(=O)[C@@H](CC(C)C)N(C)C(=O)[C@@H](CC(C)C)N(C)C(=O)[C@@H](C)NC(=O)[C@@H](C)NC(=O)[C@@H](CC(C)C)N(C)C(=O)[C@@H](C(C)C)NC(=O)[C@@H](CC(C)C)N(C)C(=O)CN(C)C1=O. The fourth-order valence-corrected chi connectivity index (χ4v) is 11.5. The number of benzene rings is 1. The third kappa shape index (κ3) is 23.0. The number of nitrogens with one attached hydrogen (secondary N) is 5. The third-order valence-electron chi connectivity index (χ3n) is 17.4. The average Bonchev–Trinajstić information content (AvgIpc) is 0.846. The first-order valence-electron chi connectivity index (χ1n) is 32.8. The van der Waals surface area contributed by atoms with Crippen LogP contribution in [0.3, 0.4) is 0 Å². The lowest BCUT2D eigenvalue weighted by Gasteiger charge is -2.41. The van der Waals surface area contributed by atoms with E-state index in [-0.39, 0.29) is 74.3 Å². The normalized spacial score (nSPS) is 25.4. The fourth-order valence-electron chi connectivity index (χ4n) is 11.5. The smallest absolute Gasteiger partial charge is 0.335 e. The summed E-state index contributed by atoms with van der Waals surface area (Å²) in [4.78, 5) is 181. The van der Waals surface area contributed by atoms with E-state index in [0.29, 0.717) is 5.69 Å². The highest BCUT2D eigenvalue weighted by Crippen LogP contribution is 2.26. The Morgan fingerprint density at radius 1 is 0.495 bits per heavy atom. The summed E-state index contributed by atoms with van der Waals surface area (Å²) >= 11 is 0. The van der Waals surface area contributed by atoms with Crippen molar-refractivity contribution in [2.45, 2.75) is 216 Å². The predicted octanol–water partition coefficient (Wildman–Crippen LogP) is 3.50. The molecule has 1 aliphatic rings. The zero-order chi connectivity index (χ0) is 71.5. The van der Waals surface area contributed by atoms with Crippen LogP contribution in [0, 0.1) is 41.4 Å². The number of hydrogen-bond acceptors (Lipinski definition) is 14. The molecule has 2 rings (SSSR count). The number of likely N-dealkylation sites (N-methyl/N-ethyl adjacent to an activating group) is 7. The second kappa shape index (κ2) is 36.9. The Morgan fingerprint density at radius 3 is 1.39 bits per heavy atom. The van der Waals surface area contributed by atoms with Crippen LogP contribution in [0.2, 0.25) is 0 Å². The van der Waals surface area contributed by atoms with Crippen LogP contribution in [-0.2, 0) is 52.7 Å². The number of carbonyl (C=O) groups is 12. The summed E-state index contributed by atoms with van der Waals surface area (Å²) in [6, 6.07) is -6.74. The van der Waals surface area contributed by atoms with E-state index < -0.39 is 162 Å². The second-order valence-corrected chi connectivity index (χ2v) is 27.9. The molecule has 1 aromatic rings. The first-order chi connectivity index (χ1) is 43.0. The Labute approximate surface area is 552 Å². The Kier molecular flexibility index (Phi) is 32.4. The Balaban J connectivity index is 2.98. The molecule has 0 spiro atoms. The van der Waals surface area contributed by atoms with Crippen molar-refractivity contribution in [1.29, 1.82) is 0 Å². The van der Waals surface area contributed by atoms with Gasteiger partial charge in [-0.25, -0.2) is 4.79 Å². The first-order valence-corrected chi connectivity index (χ1v) is 32.8. The molecule has 7 N–H and O–H groups in total. The molecule has 1 unspecified atom stereocenters. The maximum atomic E-state index is 15.3. The zero-order valence-corrected chi connectivity index (χ0v) is 59.8. The van der Waals surface area contributed by atoms with Gasteiger partial charge in [-0.1, -0.05) is 96.9 Å². The zero-order valence-electron chi connectivity index (χ0n) is 59.8. The second-order valence-electron chi connectivity index (χ2n) is 27.9. The molecule has 93 heavy (non-hydrogen) atoms. The van der Waals surface area contributed by atoms with Gasteiger partial charge in [0.2, 0.25) is 65.0 Å². The molecule has 0 radical (unpaired) electrons. The summed E-state index contributed by atoms with van der Waals surface area (Å²) in [5, 5.41) is 35.9. The van der Waals surface area contributed by atoms with E-state index in [4.69, 9.17) is 0 Å². The van der Waals surface area contributed by atoms with Crippen LogP contribution >= 0.6 is 0 Å². The van der Waals surface area contributed by atoms with Gasteiger partial charge in [0.05, 0.1) is 18.2 Å². The molecule has 0 aliphatic carbocycles. The van der Waals surface area contributed by atoms with Crippen molar-refractivity contribution in [3.63, 3.8) is 0 Å². The minimum absolute atomic E-state index is 0.0267. The average molecular weight is 1310 g/mol. The van der Waals surface area contributed by atoms with Gasteiger partial charge in [-0.15, -0.1) is 0 Å². The summed E-state index contributed by atoms with van der Waals surface area (Å²) in [5.41, 5.74) is 0.655. The largest absolute Gasteiger partial charge is 0.478 e. The molecular formula is C67H114N12O14. The van der Waals surface area contributed by atoms with E-state index in [2.05, 4.69) is 26.6 Å². The standard InChI is InChI=1S/C67H114N12O14/c1-24-47-62(87)73(17)35-52(80)74(18)48(31-36(2)3)59(84)72-53(40(10)11)65(90)75(19)49(32-37(4)5)58(83)69-43(15)57(82)70-44(16)61(86)76(20)50(33-38(6)7)63(88)77(21)51(34-39(8)9)64(89)78(22)54(41(12)13)66(91)79(23)55(60(85)71-47)56(81)42(14)29-30-68-46-27-25-45(26-28-46)67(92)93/h25-28,36-44,47-51,53-56,68,81H,24,29-35H2,1-23H3,(H,69,83)(H,70,82)(H,71,85)(H,72,84)(H,92,93)/t42-,43+,44+,47+,48+,49+,50+,51+,53+,54+,55?,56-/m0/s1. The molecule has 26 nitrogen and oxygen atoms in total. The van der Waals surface area contributed by atoms with Gasteiger partial charge in [-0.3, -0.25) is 52.7 Å². The van der Waals surface area contributed by atoms with E-state index >= 15 is 19.2 Å². The Morgan fingerprint density at radius 2 is 0.925 bits per heavy atom. The van der Waals surface area contributed by atoms with E-state index in [1.807, 2.05) is 55.4 Å². The lowest BCUT2D eigenvalue weighted by molar-refractivity contribution is -0.157. The highest BCUT2D eigenvalue weighted by molar-refractivity contribution is 5.99. The van der Waals surface area contributed by atoms with Gasteiger partial charge in [0.25, 0.3) is 0 Å². The molecule has 11 amide bonds. The van der Waals surface area contributed by atoms with Crippen molar-refractivity contribution in [3.05, 3.63) is 29.8 Å². The summed E-state index contributed by atoms with van der Waals surface area (Å²) in [7, 11) is 9.77. The Hall–Kier alpha value is -7.38. The third-order valence-corrected chi connectivity index (χ3v) is 17.4. The molecule has 26 heteroatoms. The molecule has 1 heterocycles. The van der Waals surface area contributed by atoms with Crippen molar-refractivity contribution in [2.24, 2.45) is 41.4 Å². The quantitative estimate of drug-likeness (QED) is 0.111. The van der Waals surface area contributed by atoms with E-state index in [1.54, 1.807) is 53.7 Å². The number of aromatic carboxylic acids is 1. The number of hydrogen-bond donors (Lipinski definition) is 7. The van der Waals surface area contributed by atoms with E-state index in [9.17, 15) is 48.6 Å². The van der Waals surface area contributed by atoms with Crippen LogP contribution in [0.25, 0.3) is 0 Å². The van der Waals surface area contributed by atoms with Gasteiger partial charge < -0.3 is 71.1 Å². The fraction of sp³-hybridized carbons (Fsp3) is 0.731. The molecule has 1 aromatic carbocycles. The molecule has 12 atom stereocenters. The van der Waals surface area contributed by atoms with Crippen LogP contribution in [0.15, 0.2) is 24.3 Å². The Bertz CT molecular complexity index is 2740. The van der Waals surface area contributed by atoms with Gasteiger partial charge in [0.1, 0.15) is 60.4 Å². The minimum atomic E-state index is -1.71. The lowest BCUT2D eigenvalue weighted by atomic mass is 9.91. The van der Waals surface area contributed by atoms with Gasteiger partial charge in [-0.05, 0) is 118 Å². The number of anilines is 1. The highest BCUT2D eigenvalue weighted by Gasteiger charge is 2.46. The van der Waals surface area contributed by atoms with Crippen molar-refractivity contribution < 1.29 is 67.7 Å². The summed E-state index contributed by atoms with van der Waals surface area (Å²) in [6.07, 6.45) is -0.928. The highest BCUT2D eigenvalue weighted by atomic mass is 16.4. The molecule has 1 aliphatic heterocycles. The van der Waals surface area contributed by atoms with Gasteiger partial charge in [0.15, 0.2) is 0 Å². The van der Waals surface area contributed by atoms with Crippen LogP contribution < -0.4 is 26.6 Å². The number of carboxylic acids is 1. The molecule has 0 aromatic heterocycles. The van der Waals surface area contributed by atoms with E-state index in [0.717, 1.165) is 9.80 Å². The maximum absolute atomic E-state index is 15.3. The number of amides is 11. The van der Waals surface area contributed by atoms with Crippen molar-refractivity contribution in [1.82, 2.24) is 55.6 Å². The number of carbonyl (C=O) groups excluding carboxylic acids is 11. The van der Waals surface area contributed by atoms with Crippen LogP contribution in [0.1, 0.15) is 160 Å². The van der Waals surface area contributed by atoms with Crippen molar-refractivity contribution in [2.75, 3.05) is 67.7 Å². The van der Waals surface area contributed by atoms with Crippen LogP contribution in [-0.4, -0.2) is 244 Å². The monoisotopic (exact) mass is 1310 g/mol. The number of aliphatic hydroxyl groups is 1. The van der Waals surface area contributed by atoms with Gasteiger partial charge in [-0.2, -0.15) is 0 Å². The molecule has 0 saturated carbocycles. The topological polar surface area (TPSA) is 328 Å². The molecular weight excluding hydrogens is 1200 g/mol. The van der Waals surface area contributed by atoms with Crippen molar-refractivity contribution >= 4 is 76.6 Å². The maximum Gasteiger partial charge on any atom is 0.335 e. The lowest BCUT2D eigenvalue weighted by Crippen LogP contribution is -2.63. The first kappa shape index (κ1) is 81.7. The number of aliphatic hydroxyl groups excluding tert-OH is 1. The summed E-state index contributed by atoms with van der Waals surface area (Å²) in [6.45, 7) is 27.4. The van der Waals surface area contributed by atoms with Crippen molar-refractivity contribution in [3.8, 4) is 0 Å². The molecule has 526 valence electrons. The van der Waals surface area contributed by atoms with Gasteiger partial charge in [0, 0.05) is 61.6 Å². The molecule has 1 saturated heterocycles. The molecule has 1 fully saturated rings. The van der Waals surface area contributed by atoms with Gasteiger partial charge >= 0.3 is 5.97 Å². The molecule has 0 bridgehead atoms. The number of rotatable bonds is 18. The van der Waals surface area contributed by atoms with Crippen LogP contribution in [0.4, 0.5) is 5.69 Å². The summed E-state index contributed by atoms with van der Waals surface area (Å²) < 4.78 is 0. The minimum Gasteiger partial charge on any atom is -0.478 e. The number of nitrogens with zero attached hydrogens (tertiary/aromatic N) is 7. The van der Waals surface area contributed by atoms with E-state index in [1.165, 1.54) is 99.8 Å². The predicted molar refractivity (Wildman–Crippen MR) is 356 cm³/mol. The van der Waals surface area contributed by atoms with Crippen LogP contribution in [0.5, 0.6) is 0 Å². The number of carboxylic acid groups (broad SMARTS) is 1. The summed E-state index contributed by atoms with van der Waals surface area (Å²) in [5.74, 6) is -11.5.